The number of morpholine rings is 1. The SMILES string of the molecule is CCN(CC)c1ncc(Cl)c(C(=O)NCC(CC(C)C)N2CCOCC2)n1. The summed E-state index contributed by atoms with van der Waals surface area (Å²) in [6, 6.07) is 0.278. The molecular weight excluding hydrogens is 366 g/mol. The van der Waals surface area contributed by atoms with Crippen molar-refractivity contribution in [3.63, 3.8) is 0 Å². The molecule has 8 heteroatoms. The van der Waals surface area contributed by atoms with Crippen LogP contribution >= 0.6 is 11.6 Å². The van der Waals surface area contributed by atoms with Crippen LogP contribution in [-0.4, -0.2) is 72.8 Å². The first kappa shape index (κ1) is 21.9. The number of rotatable bonds is 9. The number of anilines is 1. The molecule has 0 bridgehead atoms. The lowest BCUT2D eigenvalue weighted by Crippen LogP contribution is -2.49. The molecule has 1 saturated heterocycles. The van der Waals surface area contributed by atoms with Gasteiger partial charge in [0.05, 0.1) is 24.4 Å². The van der Waals surface area contributed by atoms with E-state index in [2.05, 4.69) is 34.0 Å². The molecular formula is C19H32ClN5O2. The fourth-order valence-electron chi connectivity index (χ4n) is 3.32. The number of carbonyl (C=O) groups is 1. The maximum atomic E-state index is 12.7. The van der Waals surface area contributed by atoms with Gasteiger partial charge < -0.3 is 15.0 Å². The smallest absolute Gasteiger partial charge is 0.271 e. The van der Waals surface area contributed by atoms with Gasteiger partial charge in [-0.2, -0.15) is 0 Å². The largest absolute Gasteiger partial charge is 0.379 e. The van der Waals surface area contributed by atoms with E-state index in [0.29, 0.717) is 18.4 Å². The van der Waals surface area contributed by atoms with E-state index in [1.807, 2.05) is 18.7 Å². The molecule has 1 aliphatic rings. The predicted octanol–water partition coefficient (Wildman–Crippen LogP) is 2.45. The Balaban J connectivity index is 2.06. The number of ether oxygens (including phenoxy) is 1. The summed E-state index contributed by atoms with van der Waals surface area (Å²) in [5.74, 6) is 0.825. The highest BCUT2D eigenvalue weighted by Gasteiger charge is 2.24. The molecule has 1 fully saturated rings. The second-order valence-corrected chi connectivity index (χ2v) is 7.59. The number of hydrogen-bond acceptors (Lipinski definition) is 6. The molecule has 152 valence electrons. The monoisotopic (exact) mass is 397 g/mol. The summed E-state index contributed by atoms with van der Waals surface area (Å²) in [4.78, 5) is 25.8. The molecule has 0 saturated carbocycles. The van der Waals surface area contributed by atoms with Crippen molar-refractivity contribution in [2.24, 2.45) is 5.92 Å². The van der Waals surface area contributed by atoms with Crippen molar-refractivity contribution >= 4 is 23.5 Å². The lowest BCUT2D eigenvalue weighted by molar-refractivity contribution is 0.0124. The van der Waals surface area contributed by atoms with Crippen molar-refractivity contribution in [2.75, 3.05) is 50.8 Å². The van der Waals surface area contributed by atoms with Crippen LogP contribution < -0.4 is 10.2 Å². The van der Waals surface area contributed by atoms with Gasteiger partial charge in [-0.15, -0.1) is 0 Å². The van der Waals surface area contributed by atoms with Crippen LogP contribution in [0.1, 0.15) is 44.6 Å². The number of hydrogen-bond donors (Lipinski definition) is 1. The Labute approximate surface area is 167 Å². The zero-order chi connectivity index (χ0) is 19.8. The lowest BCUT2D eigenvalue weighted by atomic mass is 10.0. The quantitative estimate of drug-likeness (QED) is 0.690. The molecule has 7 nitrogen and oxygen atoms in total. The molecule has 1 atom stereocenters. The summed E-state index contributed by atoms with van der Waals surface area (Å²) in [6.45, 7) is 13.8. The minimum atomic E-state index is -0.252. The van der Waals surface area contributed by atoms with Gasteiger partial charge in [0.1, 0.15) is 0 Å². The highest BCUT2D eigenvalue weighted by molar-refractivity contribution is 6.33. The van der Waals surface area contributed by atoms with Crippen LogP contribution in [0.15, 0.2) is 6.20 Å². The van der Waals surface area contributed by atoms with Gasteiger partial charge in [-0.1, -0.05) is 25.4 Å². The van der Waals surface area contributed by atoms with Crippen molar-refractivity contribution in [1.82, 2.24) is 20.2 Å². The number of nitrogens with zero attached hydrogens (tertiary/aromatic N) is 4. The third-order valence-corrected chi connectivity index (χ3v) is 5.07. The van der Waals surface area contributed by atoms with E-state index < -0.39 is 0 Å². The normalized spacial score (nSPS) is 16.4. The summed E-state index contributed by atoms with van der Waals surface area (Å²) in [5, 5.41) is 3.30. The van der Waals surface area contributed by atoms with Crippen molar-refractivity contribution in [1.29, 1.82) is 0 Å². The number of amides is 1. The molecule has 0 spiro atoms. The van der Waals surface area contributed by atoms with Crippen molar-refractivity contribution in [3.05, 3.63) is 16.9 Å². The zero-order valence-electron chi connectivity index (χ0n) is 16.9. The lowest BCUT2D eigenvalue weighted by Gasteiger charge is -2.35. The van der Waals surface area contributed by atoms with Gasteiger partial charge in [0.15, 0.2) is 5.69 Å². The number of halogens is 1. The van der Waals surface area contributed by atoms with E-state index in [9.17, 15) is 4.79 Å². The van der Waals surface area contributed by atoms with Crippen LogP contribution in [0.3, 0.4) is 0 Å². The fraction of sp³-hybridized carbons (Fsp3) is 0.737. The Morgan fingerprint density at radius 2 is 2.00 bits per heavy atom. The Kier molecular flexibility index (Phi) is 8.73. The van der Waals surface area contributed by atoms with Gasteiger partial charge in [-0.25, -0.2) is 9.97 Å². The second kappa shape index (κ2) is 10.8. The van der Waals surface area contributed by atoms with E-state index >= 15 is 0 Å². The Morgan fingerprint density at radius 3 is 2.59 bits per heavy atom. The molecule has 1 aromatic rings. The molecule has 1 amide bonds. The molecule has 2 rings (SSSR count). The van der Waals surface area contributed by atoms with Crippen LogP contribution in [0.5, 0.6) is 0 Å². The minimum Gasteiger partial charge on any atom is -0.379 e. The molecule has 2 heterocycles. The van der Waals surface area contributed by atoms with Gasteiger partial charge in [-0.05, 0) is 26.2 Å². The Morgan fingerprint density at radius 1 is 1.33 bits per heavy atom. The molecule has 0 radical (unpaired) electrons. The standard InChI is InChI=1S/C19H32ClN5O2/c1-5-24(6-2)19-22-13-16(20)17(23-19)18(26)21-12-15(11-14(3)4)25-7-9-27-10-8-25/h13-15H,5-12H2,1-4H3,(H,21,26). The minimum absolute atomic E-state index is 0.235. The van der Waals surface area contributed by atoms with E-state index in [-0.39, 0.29) is 22.7 Å². The van der Waals surface area contributed by atoms with Gasteiger partial charge in [-0.3, -0.25) is 9.69 Å². The van der Waals surface area contributed by atoms with E-state index in [4.69, 9.17) is 16.3 Å². The van der Waals surface area contributed by atoms with Crippen molar-refractivity contribution in [3.8, 4) is 0 Å². The molecule has 0 aromatic carbocycles. The van der Waals surface area contributed by atoms with Crippen molar-refractivity contribution in [2.45, 2.75) is 40.2 Å². The molecule has 1 unspecified atom stereocenters. The number of nitrogens with one attached hydrogen (secondary N) is 1. The Hall–Kier alpha value is -1.44. The van der Waals surface area contributed by atoms with Crippen LogP contribution in [0.25, 0.3) is 0 Å². The third kappa shape index (κ3) is 6.30. The summed E-state index contributed by atoms with van der Waals surface area (Å²) in [6.07, 6.45) is 2.52. The van der Waals surface area contributed by atoms with Crippen LogP contribution in [0, 0.1) is 5.92 Å². The molecule has 1 aromatic heterocycles. The second-order valence-electron chi connectivity index (χ2n) is 7.18. The number of aromatic nitrogens is 2. The first-order valence-corrected chi connectivity index (χ1v) is 10.2. The van der Waals surface area contributed by atoms with Gasteiger partial charge in [0, 0.05) is 38.8 Å². The van der Waals surface area contributed by atoms with E-state index in [1.54, 1.807) is 0 Å². The topological polar surface area (TPSA) is 70.6 Å². The molecule has 27 heavy (non-hydrogen) atoms. The first-order chi connectivity index (χ1) is 13.0. The van der Waals surface area contributed by atoms with Crippen LogP contribution in [0.4, 0.5) is 5.95 Å². The third-order valence-electron chi connectivity index (χ3n) is 4.80. The summed E-state index contributed by atoms with van der Waals surface area (Å²) in [5.41, 5.74) is 0.235. The molecule has 1 aliphatic heterocycles. The van der Waals surface area contributed by atoms with Crippen LogP contribution in [-0.2, 0) is 4.74 Å². The number of carbonyl (C=O) groups excluding carboxylic acids is 1. The van der Waals surface area contributed by atoms with Crippen LogP contribution in [0.2, 0.25) is 5.02 Å². The zero-order valence-corrected chi connectivity index (χ0v) is 17.6. The maximum Gasteiger partial charge on any atom is 0.271 e. The predicted molar refractivity (Wildman–Crippen MR) is 109 cm³/mol. The molecule has 0 aliphatic carbocycles. The highest BCUT2D eigenvalue weighted by atomic mass is 35.5. The first-order valence-electron chi connectivity index (χ1n) is 9.83. The molecule has 1 N–H and O–H groups in total. The van der Waals surface area contributed by atoms with Crippen molar-refractivity contribution < 1.29 is 9.53 Å². The highest BCUT2D eigenvalue weighted by Crippen LogP contribution is 2.17. The summed E-state index contributed by atoms with van der Waals surface area (Å²) in [7, 11) is 0. The van der Waals surface area contributed by atoms with E-state index in [0.717, 1.165) is 45.8 Å². The average molecular weight is 398 g/mol. The maximum absolute atomic E-state index is 12.7. The Bertz CT molecular complexity index is 604. The average Bonchev–Trinajstić information content (AvgIpc) is 2.67. The van der Waals surface area contributed by atoms with Gasteiger partial charge >= 0.3 is 0 Å². The fourth-order valence-corrected chi connectivity index (χ4v) is 3.50. The summed E-state index contributed by atoms with van der Waals surface area (Å²) < 4.78 is 5.45. The van der Waals surface area contributed by atoms with E-state index in [1.165, 1.54) is 6.20 Å². The van der Waals surface area contributed by atoms with Gasteiger partial charge in [0.2, 0.25) is 5.95 Å². The summed E-state index contributed by atoms with van der Waals surface area (Å²) >= 11 is 6.20. The van der Waals surface area contributed by atoms with Gasteiger partial charge in [0.25, 0.3) is 5.91 Å².